The van der Waals surface area contributed by atoms with Crippen LogP contribution in [-0.4, -0.2) is 49.6 Å². The van der Waals surface area contributed by atoms with Gasteiger partial charge < -0.3 is 15.0 Å². The van der Waals surface area contributed by atoms with Gasteiger partial charge in [0, 0.05) is 26.2 Å². The molecule has 0 amide bonds. The highest BCUT2D eigenvalue weighted by Gasteiger charge is 2.36. The van der Waals surface area contributed by atoms with Crippen LogP contribution in [0, 0.1) is 0 Å². The van der Waals surface area contributed by atoms with E-state index in [-0.39, 0.29) is 6.04 Å². The molecule has 2 rings (SSSR count). The molecular formula is C11H17F3N4OS. The Bertz CT molecular complexity index is 420. The molecule has 1 N–H and O–H groups in total. The minimum atomic E-state index is -4.44. The molecule has 0 spiro atoms. The van der Waals surface area contributed by atoms with E-state index in [1.54, 1.807) is 12.0 Å². The highest BCUT2D eigenvalue weighted by Crippen LogP contribution is 2.34. The molecule has 20 heavy (non-hydrogen) atoms. The van der Waals surface area contributed by atoms with Crippen molar-refractivity contribution in [3.05, 3.63) is 5.01 Å². The molecule has 5 nitrogen and oxygen atoms in total. The monoisotopic (exact) mass is 310 g/mol. The highest BCUT2D eigenvalue weighted by molar-refractivity contribution is 7.15. The van der Waals surface area contributed by atoms with Gasteiger partial charge in [0.15, 0.2) is 0 Å². The van der Waals surface area contributed by atoms with Gasteiger partial charge in [0.1, 0.15) is 0 Å². The molecule has 1 saturated heterocycles. The number of anilines is 1. The summed E-state index contributed by atoms with van der Waals surface area (Å²) in [5.41, 5.74) is 0. The third-order valence-electron chi connectivity index (χ3n) is 3.10. The lowest BCUT2D eigenvalue weighted by molar-refractivity contribution is -0.138. The molecule has 0 aliphatic carbocycles. The third kappa shape index (κ3) is 4.03. The maximum Gasteiger partial charge on any atom is 0.445 e. The molecule has 1 unspecified atom stereocenters. The zero-order chi connectivity index (χ0) is 14.6. The summed E-state index contributed by atoms with van der Waals surface area (Å²) < 4.78 is 42.7. The van der Waals surface area contributed by atoms with Crippen LogP contribution in [0.5, 0.6) is 0 Å². The minimum absolute atomic E-state index is 0.282. The molecule has 1 fully saturated rings. The number of hydrogen-bond acceptors (Lipinski definition) is 6. The largest absolute Gasteiger partial charge is 0.445 e. The van der Waals surface area contributed by atoms with Crippen LogP contribution in [0.25, 0.3) is 0 Å². The first-order valence-corrected chi connectivity index (χ1v) is 7.20. The van der Waals surface area contributed by atoms with Crippen molar-refractivity contribution in [2.24, 2.45) is 0 Å². The predicted octanol–water partition coefficient (Wildman–Crippen LogP) is 1.76. The van der Waals surface area contributed by atoms with Crippen molar-refractivity contribution in [1.82, 2.24) is 15.5 Å². The summed E-state index contributed by atoms with van der Waals surface area (Å²) in [7, 11) is 1.56. The smallest absolute Gasteiger partial charge is 0.383 e. The normalized spacial score (nSPS) is 19.5. The fraction of sp³-hybridized carbons (Fsp3) is 0.818. The number of nitrogens with zero attached hydrogens (tertiary/aromatic N) is 3. The molecule has 0 radical (unpaired) electrons. The first-order chi connectivity index (χ1) is 9.50. The molecule has 9 heteroatoms. The Kier molecular flexibility index (Phi) is 5.17. The second kappa shape index (κ2) is 6.68. The summed E-state index contributed by atoms with van der Waals surface area (Å²) >= 11 is 0.577. The van der Waals surface area contributed by atoms with E-state index < -0.39 is 11.2 Å². The van der Waals surface area contributed by atoms with E-state index >= 15 is 0 Å². The molecule has 1 aliphatic heterocycles. The Morgan fingerprint density at radius 3 is 2.80 bits per heavy atom. The van der Waals surface area contributed by atoms with Crippen molar-refractivity contribution in [2.75, 3.05) is 38.3 Å². The molecule has 0 bridgehead atoms. The molecule has 1 aromatic heterocycles. The van der Waals surface area contributed by atoms with Crippen molar-refractivity contribution in [1.29, 1.82) is 0 Å². The van der Waals surface area contributed by atoms with Gasteiger partial charge in [-0.2, -0.15) is 13.2 Å². The lowest BCUT2D eigenvalue weighted by Gasteiger charge is -2.24. The van der Waals surface area contributed by atoms with E-state index in [9.17, 15) is 13.2 Å². The van der Waals surface area contributed by atoms with Crippen LogP contribution >= 0.6 is 11.3 Å². The van der Waals surface area contributed by atoms with Crippen LogP contribution in [0.1, 0.15) is 17.8 Å². The fourth-order valence-electron chi connectivity index (χ4n) is 2.10. The van der Waals surface area contributed by atoms with Gasteiger partial charge in [-0.15, -0.1) is 10.2 Å². The number of nitrogens with one attached hydrogen (secondary N) is 1. The average molecular weight is 310 g/mol. The summed E-state index contributed by atoms with van der Waals surface area (Å²) in [5, 5.41) is 9.61. The number of rotatable bonds is 6. The molecule has 1 atom stereocenters. The number of hydrogen-bond donors (Lipinski definition) is 1. The summed E-state index contributed by atoms with van der Waals surface area (Å²) in [6.07, 6.45) is -2.32. The number of ether oxygens (including phenoxy) is 1. The fourth-order valence-corrected chi connectivity index (χ4v) is 2.85. The first kappa shape index (κ1) is 15.5. The zero-order valence-corrected chi connectivity index (χ0v) is 11.9. The van der Waals surface area contributed by atoms with Crippen molar-refractivity contribution in [3.8, 4) is 0 Å². The number of methoxy groups -OCH3 is 1. The molecule has 1 aliphatic rings. The summed E-state index contributed by atoms with van der Waals surface area (Å²) in [6.45, 7) is 2.51. The van der Waals surface area contributed by atoms with Gasteiger partial charge in [0.25, 0.3) is 0 Å². The molecule has 0 aromatic carbocycles. The Labute approximate surface area is 119 Å². The molecule has 1 aromatic rings. The van der Waals surface area contributed by atoms with Gasteiger partial charge in [-0.1, -0.05) is 11.3 Å². The Morgan fingerprint density at radius 1 is 1.45 bits per heavy atom. The van der Waals surface area contributed by atoms with E-state index in [1.165, 1.54) is 0 Å². The number of aromatic nitrogens is 2. The zero-order valence-electron chi connectivity index (χ0n) is 11.1. The molecule has 2 heterocycles. The second-order valence-electron chi connectivity index (χ2n) is 4.62. The van der Waals surface area contributed by atoms with Crippen LogP contribution in [0.3, 0.4) is 0 Å². The van der Waals surface area contributed by atoms with Crippen molar-refractivity contribution in [2.45, 2.75) is 25.1 Å². The van der Waals surface area contributed by atoms with Crippen molar-refractivity contribution < 1.29 is 17.9 Å². The lowest BCUT2D eigenvalue weighted by Crippen LogP contribution is -2.39. The van der Waals surface area contributed by atoms with E-state index in [4.69, 9.17) is 4.74 Å². The predicted molar refractivity (Wildman–Crippen MR) is 70.0 cm³/mol. The Morgan fingerprint density at radius 2 is 2.25 bits per heavy atom. The maximum atomic E-state index is 12.6. The van der Waals surface area contributed by atoms with Gasteiger partial charge in [-0.05, 0) is 19.4 Å². The van der Waals surface area contributed by atoms with Gasteiger partial charge in [-0.3, -0.25) is 0 Å². The van der Waals surface area contributed by atoms with Crippen LogP contribution in [0.4, 0.5) is 18.3 Å². The third-order valence-corrected chi connectivity index (χ3v) is 4.12. The van der Waals surface area contributed by atoms with Gasteiger partial charge in [0.05, 0.1) is 6.61 Å². The Hall–Kier alpha value is -0.930. The lowest BCUT2D eigenvalue weighted by atomic mass is 10.2. The van der Waals surface area contributed by atoms with E-state index in [1.807, 2.05) is 0 Å². The average Bonchev–Trinajstić information content (AvgIpc) is 3.04. The number of alkyl halides is 3. The van der Waals surface area contributed by atoms with E-state index in [2.05, 4.69) is 15.5 Å². The summed E-state index contributed by atoms with van der Waals surface area (Å²) in [4.78, 5) is 1.80. The van der Waals surface area contributed by atoms with Crippen LogP contribution in [-0.2, 0) is 10.9 Å². The van der Waals surface area contributed by atoms with Crippen LogP contribution in [0.2, 0.25) is 0 Å². The topological polar surface area (TPSA) is 50.3 Å². The van der Waals surface area contributed by atoms with Crippen molar-refractivity contribution >= 4 is 16.5 Å². The van der Waals surface area contributed by atoms with E-state index in [0.29, 0.717) is 36.2 Å². The second-order valence-corrected chi connectivity index (χ2v) is 5.58. The van der Waals surface area contributed by atoms with E-state index in [0.717, 1.165) is 19.4 Å². The van der Waals surface area contributed by atoms with Gasteiger partial charge >= 0.3 is 6.18 Å². The highest BCUT2D eigenvalue weighted by atomic mass is 32.1. The summed E-state index contributed by atoms with van der Waals surface area (Å²) in [6, 6.07) is 0.282. The van der Waals surface area contributed by atoms with Gasteiger partial charge in [-0.25, -0.2) is 0 Å². The summed E-state index contributed by atoms with van der Waals surface area (Å²) in [5.74, 6) is 0. The van der Waals surface area contributed by atoms with Gasteiger partial charge in [0.2, 0.25) is 10.1 Å². The molecular weight excluding hydrogens is 293 g/mol. The van der Waals surface area contributed by atoms with Crippen LogP contribution < -0.4 is 10.2 Å². The number of halogens is 3. The Balaban J connectivity index is 2.06. The molecule has 0 saturated carbocycles. The quantitative estimate of drug-likeness (QED) is 0.868. The first-order valence-electron chi connectivity index (χ1n) is 6.38. The van der Waals surface area contributed by atoms with Crippen LogP contribution in [0.15, 0.2) is 0 Å². The molecule has 114 valence electrons. The minimum Gasteiger partial charge on any atom is -0.383 e. The SMILES string of the molecule is COCCN(CC1CCCN1)c1nnc(C(F)(F)F)s1. The maximum absolute atomic E-state index is 12.6. The van der Waals surface area contributed by atoms with Crippen molar-refractivity contribution in [3.63, 3.8) is 0 Å². The standard InChI is InChI=1S/C11H17F3N4OS/c1-19-6-5-18(7-8-3-2-4-15-8)10-17-16-9(20-10)11(12,13)14/h8,15H,2-7H2,1H3.